The molecule has 1 aromatic rings. The molecule has 1 aliphatic heterocycles. The van der Waals surface area contributed by atoms with Crippen LogP contribution in [0.1, 0.15) is 52.1 Å². The van der Waals surface area contributed by atoms with Gasteiger partial charge in [-0.15, -0.1) is 6.58 Å². The number of phenolic OH excluding ortho intramolecular Hbond substituents is 1. The van der Waals surface area contributed by atoms with Gasteiger partial charge in [0.25, 0.3) is 0 Å². The highest BCUT2D eigenvalue weighted by atomic mass is 16.6. The second-order valence-electron chi connectivity index (χ2n) is 4.99. The van der Waals surface area contributed by atoms with Crippen LogP contribution in [-0.2, 0) is 10.3 Å². The van der Waals surface area contributed by atoms with E-state index in [1.807, 2.05) is 0 Å². The lowest BCUT2D eigenvalue weighted by Gasteiger charge is -2.22. The van der Waals surface area contributed by atoms with Crippen LogP contribution in [0.15, 0.2) is 18.7 Å². The van der Waals surface area contributed by atoms with E-state index in [2.05, 4.69) is 6.58 Å². The maximum absolute atomic E-state index is 12.0. The summed E-state index contributed by atoms with van der Waals surface area (Å²) in [6, 6.07) is 1.45. The van der Waals surface area contributed by atoms with Crippen LogP contribution < -0.4 is 0 Å². The number of hydrogen-bond donors (Lipinski definition) is 1. The smallest absolute Gasteiger partial charge is 0.339 e. The van der Waals surface area contributed by atoms with Crippen LogP contribution in [0.4, 0.5) is 0 Å². The molecule has 0 bridgehead atoms. The molecule has 0 aliphatic carbocycles. The van der Waals surface area contributed by atoms with Gasteiger partial charge in [0, 0.05) is 12.0 Å². The van der Waals surface area contributed by atoms with Gasteiger partial charge in [0.1, 0.15) is 11.4 Å². The van der Waals surface area contributed by atoms with Crippen molar-refractivity contribution >= 4 is 11.8 Å². The summed E-state index contributed by atoms with van der Waals surface area (Å²) in [6.07, 6.45) is 2.11. The zero-order valence-electron chi connectivity index (χ0n) is 11.2. The fourth-order valence-electron chi connectivity index (χ4n) is 2.66. The summed E-state index contributed by atoms with van der Waals surface area (Å²) in [5, 5.41) is 10.00. The molecule has 4 nitrogen and oxygen atoms in total. The number of aromatic hydroxyl groups is 1. The van der Waals surface area contributed by atoms with Gasteiger partial charge < -0.3 is 9.84 Å². The first-order valence-corrected chi connectivity index (χ1v) is 6.04. The Morgan fingerprint density at radius 3 is 2.74 bits per heavy atom. The molecule has 1 atom stereocenters. The fourth-order valence-corrected chi connectivity index (χ4v) is 2.66. The molecule has 0 aromatic heterocycles. The molecule has 1 N–H and O–H groups in total. The molecule has 1 aliphatic rings. The minimum atomic E-state index is -0.828. The topological polar surface area (TPSA) is 63.6 Å². The molecule has 0 spiro atoms. The summed E-state index contributed by atoms with van der Waals surface area (Å²) in [4.78, 5) is 23.6. The highest BCUT2D eigenvalue weighted by molar-refractivity contribution is 6.04. The zero-order chi connectivity index (χ0) is 14.4. The number of benzene rings is 1. The van der Waals surface area contributed by atoms with E-state index < -0.39 is 11.6 Å². The summed E-state index contributed by atoms with van der Waals surface area (Å²) in [6.45, 7) is 8.43. The van der Waals surface area contributed by atoms with Gasteiger partial charge in [-0.3, -0.25) is 4.79 Å². The third kappa shape index (κ3) is 1.84. The Bertz CT molecular complexity index is 601. The van der Waals surface area contributed by atoms with Crippen molar-refractivity contribution in [3.05, 3.63) is 41.0 Å². The number of cyclic esters (lactones) is 1. The zero-order valence-corrected chi connectivity index (χ0v) is 11.2. The molecule has 0 fully saturated rings. The van der Waals surface area contributed by atoms with Gasteiger partial charge in [-0.05, 0) is 32.4 Å². The van der Waals surface area contributed by atoms with E-state index in [0.29, 0.717) is 23.1 Å². The number of ether oxygens (including phenoxy) is 1. The van der Waals surface area contributed by atoms with Gasteiger partial charge in [-0.1, -0.05) is 6.08 Å². The summed E-state index contributed by atoms with van der Waals surface area (Å²) in [5.41, 5.74) is 0.815. The van der Waals surface area contributed by atoms with Crippen LogP contribution in [0.5, 0.6) is 5.75 Å². The highest BCUT2D eigenvalue weighted by Gasteiger charge is 2.43. The van der Waals surface area contributed by atoms with E-state index in [-0.39, 0.29) is 17.1 Å². The molecule has 2 rings (SSSR count). The van der Waals surface area contributed by atoms with Crippen LogP contribution in [0.2, 0.25) is 0 Å². The second kappa shape index (κ2) is 4.23. The standard InChI is InChI=1S/C15H16O4/c1-5-6-15(4)10-7-11(17)12(9(3)16)8(2)13(10)14(18)19-15/h5,7,17H,1,6H2,2-4H3. The monoisotopic (exact) mass is 260 g/mol. The van der Waals surface area contributed by atoms with Crippen molar-refractivity contribution in [1.82, 2.24) is 0 Å². The largest absolute Gasteiger partial charge is 0.507 e. The molecular weight excluding hydrogens is 244 g/mol. The average molecular weight is 260 g/mol. The molecule has 0 saturated heterocycles. The first kappa shape index (κ1) is 13.3. The lowest BCUT2D eigenvalue weighted by molar-refractivity contribution is 0.00234. The Kier molecular flexibility index (Phi) is 2.97. The van der Waals surface area contributed by atoms with Crippen molar-refractivity contribution in [3.8, 4) is 5.75 Å². The van der Waals surface area contributed by atoms with E-state index in [9.17, 15) is 14.7 Å². The number of ketones is 1. The number of fused-ring (bicyclic) bond motifs is 1. The molecule has 0 radical (unpaired) electrons. The van der Waals surface area contributed by atoms with Crippen LogP contribution >= 0.6 is 0 Å². The Morgan fingerprint density at radius 1 is 1.58 bits per heavy atom. The lowest BCUT2D eigenvalue weighted by Crippen LogP contribution is -2.20. The molecule has 4 heteroatoms. The third-order valence-corrected chi connectivity index (χ3v) is 3.53. The van der Waals surface area contributed by atoms with E-state index in [0.717, 1.165) is 0 Å². The number of rotatable bonds is 3. The maximum Gasteiger partial charge on any atom is 0.339 e. The number of hydrogen-bond acceptors (Lipinski definition) is 4. The third-order valence-electron chi connectivity index (χ3n) is 3.53. The summed E-state index contributed by atoms with van der Waals surface area (Å²) >= 11 is 0. The molecule has 19 heavy (non-hydrogen) atoms. The summed E-state index contributed by atoms with van der Waals surface area (Å²) < 4.78 is 5.40. The molecule has 0 saturated carbocycles. The SMILES string of the molecule is C=CCC1(C)OC(=O)c2c1cc(O)c(C(C)=O)c2C. The second-order valence-corrected chi connectivity index (χ2v) is 4.99. The van der Waals surface area contributed by atoms with Gasteiger partial charge in [-0.25, -0.2) is 4.79 Å². The van der Waals surface area contributed by atoms with Gasteiger partial charge >= 0.3 is 5.97 Å². The minimum absolute atomic E-state index is 0.114. The Hall–Kier alpha value is -2.10. The maximum atomic E-state index is 12.0. The van der Waals surface area contributed by atoms with Gasteiger partial charge in [-0.2, -0.15) is 0 Å². The lowest BCUT2D eigenvalue weighted by atomic mass is 9.86. The molecule has 1 heterocycles. The van der Waals surface area contributed by atoms with E-state index >= 15 is 0 Å². The van der Waals surface area contributed by atoms with Crippen molar-refractivity contribution in [2.24, 2.45) is 0 Å². The highest BCUT2D eigenvalue weighted by Crippen LogP contribution is 2.43. The number of esters is 1. The number of carbonyl (C=O) groups is 2. The first-order valence-electron chi connectivity index (χ1n) is 6.04. The predicted octanol–water partition coefficient (Wildman–Crippen LogP) is 2.86. The Balaban J connectivity index is 2.75. The van der Waals surface area contributed by atoms with Crippen molar-refractivity contribution in [2.75, 3.05) is 0 Å². The van der Waals surface area contributed by atoms with Crippen molar-refractivity contribution in [1.29, 1.82) is 0 Å². The van der Waals surface area contributed by atoms with Crippen LogP contribution in [0, 0.1) is 6.92 Å². The average Bonchev–Trinajstić information content (AvgIpc) is 2.50. The Labute approximate surface area is 111 Å². The number of phenols is 1. The molecule has 100 valence electrons. The summed E-state index contributed by atoms with van der Waals surface area (Å²) in [5.74, 6) is -0.848. The summed E-state index contributed by atoms with van der Waals surface area (Å²) in [7, 11) is 0. The van der Waals surface area contributed by atoms with Crippen LogP contribution in [0.3, 0.4) is 0 Å². The molecule has 0 amide bonds. The quantitative estimate of drug-likeness (QED) is 0.515. The van der Waals surface area contributed by atoms with Gasteiger partial charge in [0.15, 0.2) is 5.78 Å². The van der Waals surface area contributed by atoms with Crippen molar-refractivity contribution in [2.45, 2.75) is 32.8 Å². The predicted molar refractivity (Wildman–Crippen MR) is 70.4 cm³/mol. The Morgan fingerprint density at radius 2 is 2.21 bits per heavy atom. The molecule has 1 unspecified atom stereocenters. The minimum Gasteiger partial charge on any atom is -0.507 e. The van der Waals surface area contributed by atoms with E-state index in [1.54, 1.807) is 19.9 Å². The van der Waals surface area contributed by atoms with Gasteiger partial charge in [0.2, 0.25) is 0 Å². The first-order chi connectivity index (χ1) is 8.81. The number of carbonyl (C=O) groups excluding carboxylic acids is 2. The molecular formula is C15H16O4. The fraction of sp³-hybridized carbons (Fsp3) is 0.333. The molecule has 1 aromatic carbocycles. The number of Topliss-reactive ketones (excluding diaryl/α,β-unsaturated/α-hetero) is 1. The van der Waals surface area contributed by atoms with Crippen LogP contribution in [-0.4, -0.2) is 16.9 Å². The van der Waals surface area contributed by atoms with E-state index in [1.165, 1.54) is 13.0 Å². The van der Waals surface area contributed by atoms with Crippen molar-refractivity contribution < 1.29 is 19.4 Å². The van der Waals surface area contributed by atoms with E-state index in [4.69, 9.17) is 4.74 Å². The normalized spacial score (nSPS) is 20.9. The van der Waals surface area contributed by atoms with Crippen LogP contribution in [0.25, 0.3) is 0 Å². The van der Waals surface area contributed by atoms with Gasteiger partial charge in [0.05, 0.1) is 11.1 Å². The van der Waals surface area contributed by atoms with Crippen molar-refractivity contribution in [3.63, 3.8) is 0 Å².